The molecule has 3 aromatic rings. The van der Waals surface area contributed by atoms with Crippen molar-refractivity contribution in [1.29, 1.82) is 0 Å². The minimum Gasteiger partial charge on any atom is -0.483 e. The predicted octanol–water partition coefficient (Wildman–Crippen LogP) is 3.30. The minimum absolute atomic E-state index is 0.0915. The normalized spacial score (nSPS) is 11.8. The molecule has 1 heterocycles. The number of para-hydroxylation sites is 1. The number of benzene rings is 2. The summed E-state index contributed by atoms with van der Waals surface area (Å²) in [5, 5.41) is 6.70. The lowest BCUT2D eigenvalue weighted by molar-refractivity contribution is -0.123. The van der Waals surface area contributed by atoms with E-state index in [1.54, 1.807) is 13.0 Å². The Balaban J connectivity index is 1.63. The van der Waals surface area contributed by atoms with Gasteiger partial charge in [-0.3, -0.25) is 4.79 Å². The van der Waals surface area contributed by atoms with Gasteiger partial charge in [-0.25, -0.2) is 0 Å². The third-order valence-corrected chi connectivity index (χ3v) is 3.68. The molecule has 1 aromatic heterocycles. The fourth-order valence-electron chi connectivity index (χ4n) is 2.43. The van der Waals surface area contributed by atoms with Crippen LogP contribution < -0.4 is 10.1 Å². The third kappa shape index (κ3) is 4.23. The van der Waals surface area contributed by atoms with Gasteiger partial charge >= 0.3 is 0 Å². The highest BCUT2D eigenvalue weighted by Gasteiger charge is 2.14. The number of nitrogens with zero attached hydrogens (tertiary/aromatic N) is 2. The molecule has 0 saturated carbocycles. The van der Waals surface area contributed by atoms with Crippen LogP contribution in [0.4, 0.5) is 0 Å². The maximum absolute atomic E-state index is 12.2. The molecule has 0 radical (unpaired) electrons. The van der Waals surface area contributed by atoms with E-state index in [1.807, 2.05) is 55.5 Å². The molecule has 0 bridgehead atoms. The molecule has 6 nitrogen and oxygen atoms in total. The van der Waals surface area contributed by atoms with Gasteiger partial charge in [0, 0.05) is 0 Å². The molecule has 1 atom stereocenters. The van der Waals surface area contributed by atoms with Crippen molar-refractivity contribution >= 4 is 5.91 Å². The van der Waals surface area contributed by atoms with Gasteiger partial charge < -0.3 is 14.6 Å². The Kier molecular flexibility index (Phi) is 5.09. The van der Waals surface area contributed by atoms with Gasteiger partial charge in [0.1, 0.15) is 5.75 Å². The van der Waals surface area contributed by atoms with E-state index in [2.05, 4.69) is 15.5 Å². The first-order valence-electron chi connectivity index (χ1n) is 8.00. The monoisotopic (exact) mass is 337 g/mol. The summed E-state index contributed by atoms with van der Waals surface area (Å²) in [4.78, 5) is 16.4. The molecule has 2 aromatic carbocycles. The summed E-state index contributed by atoms with van der Waals surface area (Å²) in [7, 11) is 0. The van der Waals surface area contributed by atoms with E-state index in [0.717, 1.165) is 5.56 Å². The summed E-state index contributed by atoms with van der Waals surface area (Å²) < 4.78 is 10.8. The molecule has 0 fully saturated rings. The molecule has 0 unspecified atom stereocenters. The van der Waals surface area contributed by atoms with Crippen LogP contribution >= 0.6 is 0 Å². The number of carbonyl (C=O) groups excluding carboxylic acids is 1. The highest BCUT2D eigenvalue weighted by Crippen LogP contribution is 2.28. The Bertz CT molecular complexity index is 846. The summed E-state index contributed by atoms with van der Waals surface area (Å²) in [5.41, 5.74) is 1.70. The minimum atomic E-state index is -0.201. The number of amides is 1. The van der Waals surface area contributed by atoms with E-state index < -0.39 is 0 Å². The fraction of sp³-hybridized carbons (Fsp3) is 0.211. The van der Waals surface area contributed by atoms with E-state index in [4.69, 9.17) is 9.26 Å². The van der Waals surface area contributed by atoms with Gasteiger partial charge in [0.25, 0.3) is 11.8 Å². The van der Waals surface area contributed by atoms with Crippen molar-refractivity contribution in [3.05, 3.63) is 66.0 Å². The zero-order chi connectivity index (χ0) is 17.6. The van der Waals surface area contributed by atoms with Crippen LogP contribution in [0, 0.1) is 6.92 Å². The van der Waals surface area contributed by atoms with Crippen molar-refractivity contribution in [2.45, 2.75) is 19.9 Å². The SMILES string of the molecule is Cc1noc(-c2ccccc2OCC(=O)N[C@H](C)c2ccccc2)n1. The average molecular weight is 337 g/mol. The fourth-order valence-corrected chi connectivity index (χ4v) is 2.43. The smallest absolute Gasteiger partial charge is 0.261 e. The second-order valence-electron chi connectivity index (χ2n) is 5.63. The Morgan fingerprint density at radius 3 is 2.60 bits per heavy atom. The van der Waals surface area contributed by atoms with Crippen LogP contribution in [0.2, 0.25) is 0 Å². The second-order valence-corrected chi connectivity index (χ2v) is 5.63. The van der Waals surface area contributed by atoms with Crippen molar-refractivity contribution in [2.75, 3.05) is 6.61 Å². The van der Waals surface area contributed by atoms with Crippen LogP contribution in [-0.4, -0.2) is 22.7 Å². The number of aryl methyl sites for hydroxylation is 1. The molecule has 0 aliphatic carbocycles. The van der Waals surface area contributed by atoms with Crippen LogP contribution in [0.3, 0.4) is 0 Å². The molecular weight excluding hydrogens is 318 g/mol. The molecule has 6 heteroatoms. The van der Waals surface area contributed by atoms with Crippen LogP contribution in [0.5, 0.6) is 5.75 Å². The van der Waals surface area contributed by atoms with Gasteiger partial charge in [-0.2, -0.15) is 4.98 Å². The summed E-state index contributed by atoms with van der Waals surface area (Å²) in [5.74, 6) is 1.23. The van der Waals surface area contributed by atoms with Crippen LogP contribution in [0.25, 0.3) is 11.5 Å². The lowest BCUT2D eigenvalue weighted by Crippen LogP contribution is -2.31. The molecule has 3 rings (SSSR count). The highest BCUT2D eigenvalue weighted by atomic mass is 16.5. The van der Waals surface area contributed by atoms with Crippen LogP contribution in [0.1, 0.15) is 24.4 Å². The summed E-state index contributed by atoms with van der Waals surface area (Å²) in [6.07, 6.45) is 0. The third-order valence-electron chi connectivity index (χ3n) is 3.68. The summed E-state index contributed by atoms with van der Waals surface area (Å²) >= 11 is 0. The predicted molar refractivity (Wildman–Crippen MR) is 93.0 cm³/mol. The molecule has 25 heavy (non-hydrogen) atoms. The van der Waals surface area contributed by atoms with E-state index in [1.165, 1.54) is 0 Å². The largest absolute Gasteiger partial charge is 0.483 e. The van der Waals surface area contributed by atoms with Crippen LogP contribution in [-0.2, 0) is 4.79 Å². The lowest BCUT2D eigenvalue weighted by atomic mass is 10.1. The van der Waals surface area contributed by atoms with Gasteiger partial charge in [0.15, 0.2) is 12.4 Å². The highest BCUT2D eigenvalue weighted by molar-refractivity contribution is 5.78. The van der Waals surface area contributed by atoms with Crippen molar-refractivity contribution in [3.8, 4) is 17.2 Å². The molecule has 0 aliphatic heterocycles. The average Bonchev–Trinajstić information content (AvgIpc) is 3.07. The number of hydrogen-bond acceptors (Lipinski definition) is 5. The molecule has 0 saturated heterocycles. The van der Waals surface area contributed by atoms with E-state index >= 15 is 0 Å². The van der Waals surface area contributed by atoms with Crippen molar-refractivity contribution in [1.82, 2.24) is 15.5 Å². The first-order chi connectivity index (χ1) is 12.1. The number of rotatable bonds is 6. The van der Waals surface area contributed by atoms with Crippen LogP contribution in [0.15, 0.2) is 59.1 Å². The lowest BCUT2D eigenvalue weighted by Gasteiger charge is -2.15. The van der Waals surface area contributed by atoms with Crippen molar-refractivity contribution in [3.63, 3.8) is 0 Å². The molecule has 1 N–H and O–H groups in total. The van der Waals surface area contributed by atoms with E-state index in [0.29, 0.717) is 23.0 Å². The Morgan fingerprint density at radius 1 is 1.16 bits per heavy atom. The number of carbonyl (C=O) groups is 1. The number of nitrogens with one attached hydrogen (secondary N) is 1. The zero-order valence-electron chi connectivity index (χ0n) is 14.1. The zero-order valence-corrected chi connectivity index (χ0v) is 14.1. The van der Waals surface area contributed by atoms with Gasteiger partial charge in [-0.15, -0.1) is 0 Å². The summed E-state index contributed by atoms with van der Waals surface area (Å²) in [6, 6.07) is 16.9. The van der Waals surface area contributed by atoms with Gasteiger partial charge in [-0.05, 0) is 31.5 Å². The first kappa shape index (κ1) is 16.7. The van der Waals surface area contributed by atoms with E-state index in [-0.39, 0.29) is 18.6 Å². The Hall–Kier alpha value is -3.15. The maximum atomic E-state index is 12.2. The quantitative estimate of drug-likeness (QED) is 0.747. The van der Waals surface area contributed by atoms with Gasteiger partial charge in [0.05, 0.1) is 11.6 Å². The van der Waals surface area contributed by atoms with Crippen molar-refractivity contribution < 1.29 is 14.1 Å². The number of aromatic nitrogens is 2. The maximum Gasteiger partial charge on any atom is 0.261 e. The molecule has 0 spiro atoms. The topological polar surface area (TPSA) is 77.2 Å². The standard InChI is InChI=1S/C19H19N3O3/c1-13(15-8-4-3-5-9-15)20-18(23)12-24-17-11-7-6-10-16(17)19-21-14(2)22-25-19/h3-11,13H,12H2,1-2H3,(H,20,23)/t13-/m1/s1. The molecule has 128 valence electrons. The van der Waals surface area contributed by atoms with Crippen molar-refractivity contribution in [2.24, 2.45) is 0 Å². The number of ether oxygens (including phenoxy) is 1. The molecule has 1 amide bonds. The van der Waals surface area contributed by atoms with Gasteiger partial charge in [-0.1, -0.05) is 47.6 Å². The Morgan fingerprint density at radius 2 is 1.88 bits per heavy atom. The summed E-state index contributed by atoms with van der Waals surface area (Å²) in [6.45, 7) is 3.58. The second kappa shape index (κ2) is 7.61. The first-order valence-corrected chi connectivity index (χ1v) is 8.00. The molecular formula is C19H19N3O3. The van der Waals surface area contributed by atoms with Gasteiger partial charge in [0.2, 0.25) is 0 Å². The Labute approximate surface area is 145 Å². The number of hydrogen-bond donors (Lipinski definition) is 1. The molecule has 0 aliphatic rings. The van der Waals surface area contributed by atoms with E-state index in [9.17, 15) is 4.79 Å².